The fraction of sp³-hybridized carbons (Fsp3) is 0.364. The Kier molecular flexibility index (Phi) is 4.09. The van der Waals surface area contributed by atoms with Crippen molar-refractivity contribution >= 4 is 17.6 Å². The van der Waals surface area contributed by atoms with Crippen LogP contribution in [0.15, 0.2) is 12.1 Å². The Morgan fingerprint density at radius 3 is 2.80 bits per heavy atom. The van der Waals surface area contributed by atoms with Crippen molar-refractivity contribution in [3.05, 3.63) is 34.1 Å². The van der Waals surface area contributed by atoms with Crippen LogP contribution < -0.4 is 0 Å². The molecule has 0 spiro atoms. The van der Waals surface area contributed by atoms with Crippen LogP contribution in [0.5, 0.6) is 0 Å². The Morgan fingerprint density at radius 1 is 1.53 bits per heavy atom. The molecule has 0 heterocycles. The average molecular weight is 231 g/mol. The van der Waals surface area contributed by atoms with E-state index in [4.69, 9.17) is 16.7 Å². The highest BCUT2D eigenvalue weighted by molar-refractivity contribution is 6.31. The van der Waals surface area contributed by atoms with Crippen LogP contribution in [0.1, 0.15) is 24.0 Å². The molecule has 0 aliphatic carbocycles. The molecule has 0 aliphatic heterocycles. The lowest BCUT2D eigenvalue weighted by atomic mass is 10.1. The molecular formula is C11H12ClFO2. The van der Waals surface area contributed by atoms with Crippen molar-refractivity contribution in [2.24, 2.45) is 0 Å². The molecule has 0 aromatic heterocycles. The van der Waals surface area contributed by atoms with E-state index in [2.05, 4.69) is 0 Å². The molecule has 1 aromatic carbocycles. The zero-order chi connectivity index (χ0) is 11.4. The van der Waals surface area contributed by atoms with E-state index in [0.717, 1.165) is 0 Å². The highest BCUT2D eigenvalue weighted by atomic mass is 35.5. The fourth-order valence-electron chi connectivity index (χ4n) is 1.31. The van der Waals surface area contributed by atoms with Gasteiger partial charge in [-0.25, -0.2) is 4.39 Å². The minimum Gasteiger partial charge on any atom is -0.481 e. The minimum absolute atomic E-state index is 0.0466. The number of aliphatic carboxylic acids is 1. The maximum absolute atomic E-state index is 13.3. The van der Waals surface area contributed by atoms with Crippen molar-refractivity contribution < 1.29 is 14.3 Å². The second-order valence-electron chi connectivity index (χ2n) is 3.44. The van der Waals surface area contributed by atoms with Gasteiger partial charge in [-0.1, -0.05) is 11.6 Å². The first kappa shape index (κ1) is 12.0. The number of hydrogen-bond acceptors (Lipinski definition) is 1. The maximum Gasteiger partial charge on any atom is 0.303 e. The van der Waals surface area contributed by atoms with Gasteiger partial charge in [0.25, 0.3) is 0 Å². The number of rotatable bonds is 4. The third kappa shape index (κ3) is 3.51. The lowest BCUT2D eigenvalue weighted by Gasteiger charge is -2.05. The first-order chi connectivity index (χ1) is 7.00. The molecule has 1 aromatic rings. The van der Waals surface area contributed by atoms with E-state index in [1.807, 2.05) is 0 Å². The summed E-state index contributed by atoms with van der Waals surface area (Å²) in [5, 5.41) is 8.96. The molecule has 82 valence electrons. The molecule has 1 rings (SSSR count). The second kappa shape index (κ2) is 5.12. The maximum atomic E-state index is 13.3. The summed E-state index contributed by atoms with van der Waals surface area (Å²) in [7, 11) is 0. The molecule has 0 bridgehead atoms. The van der Waals surface area contributed by atoms with Gasteiger partial charge in [0.1, 0.15) is 5.82 Å². The van der Waals surface area contributed by atoms with E-state index < -0.39 is 5.97 Å². The standard InChI is InChI=1S/C11H12ClFO2/c1-7-5-10(13)8(6-9(7)12)3-2-4-11(14)15/h5-6H,2-4H2,1H3,(H,14,15). The minimum atomic E-state index is -0.867. The molecule has 15 heavy (non-hydrogen) atoms. The number of carbonyl (C=O) groups is 1. The van der Waals surface area contributed by atoms with Crippen LogP contribution in [0.25, 0.3) is 0 Å². The van der Waals surface area contributed by atoms with Gasteiger partial charge in [-0.15, -0.1) is 0 Å². The van der Waals surface area contributed by atoms with E-state index >= 15 is 0 Å². The normalized spacial score (nSPS) is 10.3. The zero-order valence-electron chi connectivity index (χ0n) is 8.39. The Bertz CT molecular complexity index is 377. The number of aryl methyl sites for hydroxylation is 2. The van der Waals surface area contributed by atoms with Crippen molar-refractivity contribution in [3.8, 4) is 0 Å². The van der Waals surface area contributed by atoms with E-state index in [1.165, 1.54) is 6.07 Å². The molecule has 0 unspecified atom stereocenters. The van der Waals surface area contributed by atoms with Crippen molar-refractivity contribution in [3.63, 3.8) is 0 Å². The second-order valence-corrected chi connectivity index (χ2v) is 3.85. The van der Waals surface area contributed by atoms with Crippen LogP contribution in [0, 0.1) is 12.7 Å². The third-order valence-electron chi connectivity index (χ3n) is 2.16. The molecule has 0 aliphatic rings. The Balaban J connectivity index is 2.69. The quantitative estimate of drug-likeness (QED) is 0.863. The van der Waals surface area contributed by atoms with Crippen LogP contribution in [0.3, 0.4) is 0 Å². The molecule has 0 amide bonds. The first-order valence-corrected chi connectivity index (χ1v) is 5.05. The van der Waals surface area contributed by atoms with E-state index in [9.17, 15) is 9.18 Å². The fourth-order valence-corrected chi connectivity index (χ4v) is 1.50. The monoisotopic (exact) mass is 230 g/mol. The number of carboxylic acid groups (broad SMARTS) is 1. The van der Waals surface area contributed by atoms with Crippen LogP contribution >= 0.6 is 11.6 Å². The van der Waals surface area contributed by atoms with Gasteiger partial charge in [0.15, 0.2) is 0 Å². The SMILES string of the molecule is Cc1cc(F)c(CCCC(=O)O)cc1Cl. The van der Waals surface area contributed by atoms with E-state index in [-0.39, 0.29) is 12.2 Å². The van der Waals surface area contributed by atoms with Crippen molar-refractivity contribution in [1.82, 2.24) is 0 Å². The lowest BCUT2D eigenvalue weighted by molar-refractivity contribution is -0.137. The van der Waals surface area contributed by atoms with Crippen LogP contribution in [0.4, 0.5) is 4.39 Å². The van der Waals surface area contributed by atoms with Gasteiger partial charge in [-0.3, -0.25) is 4.79 Å². The number of halogens is 2. The predicted octanol–water partition coefficient (Wildman–Crippen LogP) is 3.19. The van der Waals surface area contributed by atoms with Crippen molar-refractivity contribution in [2.45, 2.75) is 26.2 Å². The molecule has 0 saturated carbocycles. The Morgan fingerprint density at radius 2 is 2.20 bits per heavy atom. The van der Waals surface area contributed by atoms with Gasteiger partial charge in [-0.2, -0.15) is 0 Å². The lowest BCUT2D eigenvalue weighted by Crippen LogP contribution is -1.98. The Hall–Kier alpha value is -1.09. The number of benzene rings is 1. The van der Waals surface area contributed by atoms with Gasteiger partial charge in [0.2, 0.25) is 0 Å². The van der Waals surface area contributed by atoms with Gasteiger partial charge in [-0.05, 0) is 43.0 Å². The topological polar surface area (TPSA) is 37.3 Å². The largest absolute Gasteiger partial charge is 0.481 e. The summed E-state index contributed by atoms with van der Waals surface area (Å²) in [6, 6.07) is 2.94. The molecule has 0 radical (unpaired) electrons. The molecule has 0 fully saturated rings. The summed E-state index contributed by atoms with van der Waals surface area (Å²) in [5.41, 5.74) is 1.17. The molecular weight excluding hydrogens is 219 g/mol. The molecule has 2 nitrogen and oxygen atoms in total. The van der Waals surface area contributed by atoms with E-state index in [0.29, 0.717) is 29.0 Å². The molecule has 4 heteroatoms. The summed E-state index contributed by atoms with van der Waals surface area (Å²) in [5.74, 6) is -1.18. The van der Waals surface area contributed by atoms with Crippen LogP contribution in [-0.2, 0) is 11.2 Å². The van der Waals surface area contributed by atoms with E-state index in [1.54, 1.807) is 13.0 Å². The smallest absolute Gasteiger partial charge is 0.303 e. The highest BCUT2D eigenvalue weighted by Crippen LogP contribution is 2.21. The highest BCUT2D eigenvalue weighted by Gasteiger charge is 2.06. The summed E-state index contributed by atoms with van der Waals surface area (Å²) in [4.78, 5) is 10.3. The van der Waals surface area contributed by atoms with Gasteiger partial charge in [0, 0.05) is 11.4 Å². The van der Waals surface area contributed by atoms with Crippen molar-refractivity contribution in [2.75, 3.05) is 0 Å². The van der Waals surface area contributed by atoms with Gasteiger partial charge in [0.05, 0.1) is 0 Å². The summed E-state index contributed by atoms with van der Waals surface area (Å²) in [6.07, 6.45) is 0.870. The molecule has 1 N–H and O–H groups in total. The number of carboxylic acids is 1. The molecule has 0 saturated heterocycles. The first-order valence-electron chi connectivity index (χ1n) is 4.67. The van der Waals surface area contributed by atoms with Crippen LogP contribution in [0.2, 0.25) is 5.02 Å². The van der Waals surface area contributed by atoms with Crippen LogP contribution in [-0.4, -0.2) is 11.1 Å². The average Bonchev–Trinajstić information content (AvgIpc) is 2.13. The summed E-state index contributed by atoms with van der Waals surface area (Å²) in [6.45, 7) is 1.73. The third-order valence-corrected chi connectivity index (χ3v) is 2.57. The van der Waals surface area contributed by atoms with Gasteiger partial charge >= 0.3 is 5.97 Å². The van der Waals surface area contributed by atoms with Gasteiger partial charge < -0.3 is 5.11 Å². The predicted molar refractivity (Wildman–Crippen MR) is 56.7 cm³/mol. The Labute approximate surface area is 92.7 Å². The summed E-state index contributed by atoms with van der Waals surface area (Å²) < 4.78 is 13.3. The van der Waals surface area contributed by atoms with Crippen molar-refractivity contribution in [1.29, 1.82) is 0 Å². The zero-order valence-corrected chi connectivity index (χ0v) is 9.14. The summed E-state index contributed by atoms with van der Waals surface area (Å²) >= 11 is 5.84. The number of hydrogen-bond donors (Lipinski definition) is 1. The molecule has 0 atom stereocenters.